The maximum Gasteiger partial charge on any atom is 0.164 e. The first-order chi connectivity index (χ1) is 31.4. The van der Waals surface area contributed by atoms with Gasteiger partial charge in [0.2, 0.25) is 0 Å². The van der Waals surface area contributed by atoms with Crippen LogP contribution in [0.1, 0.15) is 18.9 Å². The van der Waals surface area contributed by atoms with Gasteiger partial charge in [0.05, 0.1) is 16.8 Å². The van der Waals surface area contributed by atoms with Crippen LogP contribution in [0, 0.1) is 12.1 Å². The molecule has 3 heterocycles. The minimum Gasteiger partial charge on any atom is -0.512 e. The maximum atomic E-state index is 12.7. The predicted octanol–water partition coefficient (Wildman–Crippen LogP) is 13.2. The Morgan fingerprint density at radius 2 is 0.923 bits per heavy atom. The average molecular weight is 1020 g/mol. The summed E-state index contributed by atoms with van der Waals surface area (Å²) < 4.78 is 0. The van der Waals surface area contributed by atoms with Gasteiger partial charge in [-0.2, -0.15) is 0 Å². The van der Waals surface area contributed by atoms with Crippen LogP contribution in [-0.4, -0.2) is 35.8 Å². The number of aliphatic hydroxyl groups excluding tert-OH is 1. The van der Waals surface area contributed by atoms with E-state index in [1.165, 1.54) is 13.0 Å². The van der Waals surface area contributed by atoms with E-state index in [4.69, 9.17) is 24.9 Å². The van der Waals surface area contributed by atoms with Gasteiger partial charge in [-0.3, -0.25) is 14.8 Å². The van der Waals surface area contributed by atoms with E-state index in [2.05, 4.69) is 60.7 Å². The summed E-state index contributed by atoms with van der Waals surface area (Å²) in [4.78, 5) is 38.1. The number of hydrogen-bond donors (Lipinski definition) is 1. The molecule has 0 aliphatic carbocycles. The number of rotatable bonds is 11. The fourth-order valence-corrected chi connectivity index (χ4v) is 8.05. The second-order valence-electron chi connectivity index (χ2n) is 15.6. The molecule has 65 heavy (non-hydrogen) atoms. The van der Waals surface area contributed by atoms with Crippen LogP contribution in [0.2, 0.25) is 0 Å². The van der Waals surface area contributed by atoms with Gasteiger partial charge in [0.25, 0.3) is 0 Å². The van der Waals surface area contributed by atoms with Gasteiger partial charge in [0.15, 0.2) is 23.3 Å². The van der Waals surface area contributed by atoms with Gasteiger partial charge in [-0.15, -0.1) is 59.7 Å². The van der Waals surface area contributed by atoms with Gasteiger partial charge in [0, 0.05) is 49.3 Å². The van der Waals surface area contributed by atoms with E-state index in [1.807, 2.05) is 133 Å². The Labute approximate surface area is 390 Å². The summed E-state index contributed by atoms with van der Waals surface area (Å²) in [5.74, 6) is 1.31. The second kappa shape index (κ2) is 18.9. The minimum absolute atomic E-state index is 0. The molecule has 0 fully saturated rings. The van der Waals surface area contributed by atoms with Crippen molar-refractivity contribution in [3.63, 3.8) is 0 Å². The van der Waals surface area contributed by atoms with Crippen molar-refractivity contribution in [3.8, 4) is 78.9 Å². The molecule has 1 radical (unpaired) electrons. The van der Waals surface area contributed by atoms with Crippen molar-refractivity contribution < 1.29 is 30.0 Å². The molecule has 10 rings (SSSR count). The molecule has 0 unspecified atom stereocenters. The van der Waals surface area contributed by atoms with E-state index in [-0.39, 0.29) is 38.1 Å². The predicted molar refractivity (Wildman–Crippen MR) is 256 cm³/mol. The van der Waals surface area contributed by atoms with E-state index < -0.39 is 0 Å². The molecule has 7 aromatic carbocycles. The number of fused-ring (bicyclic) bond motifs is 2. The number of para-hydroxylation sites is 2. The standard InChI is InChI=1S/C57H39N5O2.Ir/c1-37(63)36-45(64)33-30-38-12-2-5-17-48(38)55-60-56(49-18-8-6-15-46(49)39-22-26-43(27-23-39)53-34-31-41-13-3-10-20-51(41)58-53)62-57(61-55)50-19-9-7-16-47(50)40-24-28-44(29-25-40)54-35-32-42-14-4-11-21-52(42)59-54;/h2-26,28,31-32,34-36,63H,30,33H2,1H3;/q-2;/b37-36-;. The normalized spacial score (nSPS) is 11.4. The van der Waals surface area contributed by atoms with Gasteiger partial charge in [-0.1, -0.05) is 145 Å². The van der Waals surface area contributed by atoms with Gasteiger partial charge >= 0.3 is 0 Å². The van der Waals surface area contributed by atoms with Gasteiger partial charge in [-0.25, -0.2) is 15.0 Å². The summed E-state index contributed by atoms with van der Waals surface area (Å²) in [6, 6.07) is 67.7. The van der Waals surface area contributed by atoms with Crippen molar-refractivity contribution in [2.75, 3.05) is 0 Å². The molecule has 3 aromatic heterocycles. The molecule has 0 amide bonds. The van der Waals surface area contributed by atoms with Gasteiger partial charge in [-0.05, 0) is 64.3 Å². The van der Waals surface area contributed by atoms with Crippen LogP contribution in [0.25, 0.3) is 101 Å². The van der Waals surface area contributed by atoms with Crippen LogP contribution < -0.4 is 0 Å². The Balaban J connectivity index is 0.00000533. The molecule has 8 heteroatoms. The third kappa shape index (κ3) is 9.18. The first-order valence-electron chi connectivity index (χ1n) is 21.1. The zero-order chi connectivity index (χ0) is 43.4. The first-order valence-corrected chi connectivity index (χ1v) is 21.1. The summed E-state index contributed by atoms with van der Waals surface area (Å²) in [5.41, 5.74) is 12.5. The molecule has 0 atom stereocenters. The summed E-state index contributed by atoms with van der Waals surface area (Å²) in [6.45, 7) is 1.50. The summed E-state index contributed by atoms with van der Waals surface area (Å²) >= 11 is 0. The molecular weight excluding hydrogens is 979 g/mol. The number of hydrogen-bond acceptors (Lipinski definition) is 7. The SMILES string of the molecule is C/C(O)=C/C(=O)CCc1ccccc1-c1nc(-c2ccccc2-c2c[c-]c(-c3ccc4ccccc4n3)cc2)nc(-c2ccccc2-c2c[c-]c(-c3ccc4ccccc4n3)cc2)n1.[Ir]. The van der Waals surface area contributed by atoms with E-state index in [0.717, 1.165) is 88.8 Å². The van der Waals surface area contributed by atoms with E-state index in [1.54, 1.807) is 0 Å². The number of aromatic nitrogens is 5. The van der Waals surface area contributed by atoms with E-state index in [0.29, 0.717) is 23.9 Å². The van der Waals surface area contributed by atoms with Crippen molar-refractivity contribution in [2.45, 2.75) is 19.8 Å². The zero-order valence-corrected chi connectivity index (χ0v) is 37.6. The van der Waals surface area contributed by atoms with Crippen LogP contribution in [0.5, 0.6) is 0 Å². The molecule has 315 valence electrons. The molecular formula is C57H39IrN5O2-2. The van der Waals surface area contributed by atoms with Crippen molar-refractivity contribution in [1.82, 2.24) is 24.9 Å². The molecule has 7 nitrogen and oxygen atoms in total. The van der Waals surface area contributed by atoms with Gasteiger partial charge < -0.3 is 5.11 Å². The fourth-order valence-electron chi connectivity index (χ4n) is 8.05. The molecule has 0 bridgehead atoms. The van der Waals surface area contributed by atoms with Crippen molar-refractivity contribution in [1.29, 1.82) is 0 Å². The Hall–Kier alpha value is -7.77. The van der Waals surface area contributed by atoms with E-state index >= 15 is 0 Å². The molecule has 10 aromatic rings. The smallest absolute Gasteiger partial charge is 0.164 e. The number of aryl methyl sites for hydroxylation is 1. The summed E-state index contributed by atoms with van der Waals surface area (Å²) in [7, 11) is 0. The Morgan fingerprint density at radius 3 is 1.40 bits per heavy atom. The summed E-state index contributed by atoms with van der Waals surface area (Å²) in [5, 5.41) is 11.9. The number of carbonyl (C=O) groups excluding carboxylic acids is 1. The van der Waals surface area contributed by atoms with Crippen LogP contribution in [0.3, 0.4) is 0 Å². The number of ketones is 1. The molecule has 0 aliphatic rings. The fraction of sp³-hybridized carbons (Fsp3) is 0.0526. The van der Waals surface area contributed by atoms with Crippen molar-refractivity contribution in [2.24, 2.45) is 0 Å². The van der Waals surface area contributed by atoms with Crippen LogP contribution >= 0.6 is 0 Å². The maximum absolute atomic E-state index is 12.7. The Kier molecular flexibility index (Phi) is 12.4. The summed E-state index contributed by atoms with van der Waals surface area (Å²) in [6.07, 6.45) is 1.92. The third-order valence-electron chi connectivity index (χ3n) is 11.2. The minimum atomic E-state index is -0.159. The molecule has 0 saturated heterocycles. The van der Waals surface area contributed by atoms with Gasteiger partial charge in [0.1, 0.15) is 0 Å². The second-order valence-corrected chi connectivity index (χ2v) is 15.6. The van der Waals surface area contributed by atoms with Crippen LogP contribution in [-0.2, 0) is 31.3 Å². The third-order valence-corrected chi connectivity index (χ3v) is 11.2. The molecule has 0 spiro atoms. The van der Waals surface area contributed by atoms with Crippen molar-refractivity contribution >= 4 is 27.6 Å². The zero-order valence-electron chi connectivity index (χ0n) is 35.2. The number of pyridine rings is 2. The first kappa shape index (κ1) is 42.5. The largest absolute Gasteiger partial charge is 0.512 e. The van der Waals surface area contributed by atoms with Crippen molar-refractivity contribution in [3.05, 3.63) is 212 Å². The molecule has 0 aliphatic heterocycles. The quantitative estimate of drug-likeness (QED) is 0.0782. The number of allylic oxidation sites excluding steroid dienone is 2. The number of benzene rings is 7. The number of nitrogens with zero attached hydrogens (tertiary/aromatic N) is 5. The van der Waals surface area contributed by atoms with E-state index in [9.17, 15) is 9.90 Å². The average Bonchev–Trinajstić information content (AvgIpc) is 3.35. The molecule has 0 saturated carbocycles. The number of aliphatic hydroxyl groups is 1. The topological polar surface area (TPSA) is 102 Å². The Bertz CT molecular complexity index is 3200. The number of carbonyl (C=O) groups is 1. The van der Waals surface area contributed by atoms with Crippen LogP contribution in [0.4, 0.5) is 0 Å². The van der Waals surface area contributed by atoms with Crippen LogP contribution in [0.15, 0.2) is 194 Å². The monoisotopic (exact) mass is 1020 g/mol. The molecule has 1 N–H and O–H groups in total. The Morgan fingerprint density at radius 1 is 0.492 bits per heavy atom.